The summed E-state index contributed by atoms with van der Waals surface area (Å²) in [7, 11) is 0. The lowest BCUT2D eigenvalue weighted by atomic mass is 9.75. The number of carbonyl (C=O) groups is 2. The Bertz CT molecular complexity index is 606. The molecule has 0 spiro atoms. The van der Waals surface area contributed by atoms with Crippen molar-refractivity contribution in [3.05, 3.63) is 30.3 Å². The lowest BCUT2D eigenvalue weighted by molar-refractivity contribution is -0.131. The van der Waals surface area contributed by atoms with Crippen LogP contribution in [-0.4, -0.2) is 44.2 Å². The van der Waals surface area contributed by atoms with Gasteiger partial charge < -0.3 is 20.1 Å². The van der Waals surface area contributed by atoms with Crippen molar-refractivity contribution in [2.75, 3.05) is 26.3 Å². The van der Waals surface area contributed by atoms with Crippen molar-refractivity contribution in [2.45, 2.75) is 46.1 Å². The molecule has 1 aromatic rings. The van der Waals surface area contributed by atoms with Crippen molar-refractivity contribution in [2.24, 2.45) is 17.8 Å². The zero-order valence-corrected chi connectivity index (χ0v) is 17.3. The van der Waals surface area contributed by atoms with E-state index in [4.69, 9.17) is 9.47 Å². The highest BCUT2D eigenvalue weighted by molar-refractivity contribution is 5.78. The van der Waals surface area contributed by atoms with Crippen molar-refractivity contribution >= 4 is 11.8 Å². The third kappa shape index (κ3) is 7.89. The van der Waals surface area contributed by atoms with E-state index in [1.54, 1.807) is 12.1 Å². The minimum absolute atomic E-state index is 0.0441. The zero-order chi connectivity index (χ0) is 20.4. The van der Waals surface area contributed by atoms with Crippen LogP contribution < -0.4 is 15.4 Å². The van der Waals surface area contributed by atoms with E-state index in [9.17, 15) is 9.59 Å². The first-order valence-corrected chi connectivity index (χ1v) is 10.3. The fourth-order valence-electron chi connectivity index (χ4n) is 3.66. The van der Waals surface area contributed by atoms with E-state index in [1.165, 1.54) is 12.8 Å². The first-order chi connectivity index (χ1) is 13.5. The first-order valence-electron chi connectivity index (χ1n) is 10.3. The minimum Gasteiger partial charge on any atom is -0.484 e. The molecule has 0 radical (unpaired) electrons. The predicted molar refractivity (Wildman–Crippen MR) is 109 cm³/mol. The summed E-state index contributed by atoms with van der Waals surface area (Å²) in [4.78, 5) is 23.8. The fraction of sp³-hybridized carbons (Fsp3) is 0.636. The topological polar surface area (TPSA) is 76.7 Å². The molecule has 156 valence electrons. The van der Waals surface area contributed by atoms with Gasteiger partial charge in [0.15, 0.2) is 6.61 Å². The molecule has 1 aliphatic carbocycles. The van der Waals surface area contributed by atoms with Crippen LogP contribution in [0.4, 0.5) is 0 Å². The zero-order valence-electron chi connectivity index (χ0n) is 17.3. The largest absolute Gasteiger partial charge is 0.484 e. The Labute approximate surface area is 168 Å². The Morgan fingerprint density at radius 3 is 2.32 bits per heavy atom. The summed E-state index contributed by atoms with van der Waals surface area (Å²) >= 11 is 0. The normalized spacial score (nSPS) is 21.9. The Morgan fingerprint density at radius 1 is 1.04 bits per heavy atom. The van der Waals surface area contributed by atoms with Crippen LogP contribution in [-0.2, 0) is 14.3 Å². The maximum Gasteiger partial charge on any atom is 0.258 e. The molecule has 0 heterocycles. The second-order valence-electron chi connectivity index (χ2n) is 7.98. The van der Waals surface area contributed by atoms with Crippen LogP contribution in [0.5, 0.6) is 5.75 Å². The van der Waals surface area contributed by atoms with Crippen LogP contribution >= 0.6 is 0 Å². The molecule has 2 rings (SSSR count). The molecule has 6 heteroatoms. The first kappa shape index (κ1) is 22.2. The molecule has 0 aliphatic heterocycles. The lowest BCUT2D eigenvalue weighted by Crippen LogP contribution is -2.40. The number of amides is 2. The molecule has 28 heavy (non-hydrogen) atoms. The third-order valence-electron chi connectivity index (χ3n) is 5.27. The van der Waals surface area contributed by atoms with Crippen molar-refractivity contribution < 1.29 is 19.1 Å². The van der Waals surface area contributed by atoms with Crippen LogP contribution in [0.2, 0.25) is 0 Å². The highest BCUT2D eigenvalue weighted by Gasteiger charge is 2.31. The van der Waals surface area contributed by atoms with Crippen LogP contribution in [0, 0.1) is 17.8 Å². The Morgan fingerprint density at radius 2 is 1.68 bits per heavy atom. The van der Waals surface area contributed by atoms with Gasteiger partial charge in [-0.3, -0.25) is 9.59 Å². The Hall–Kier alpha value is -2.08. The van der Waals surface area contributed by atoms with E-state index in [1.807, 2.05) is 18.2 Å². The fourth-order valence-corrected chi connectivity index (χ4v) is 3.66. The highest BCUT2D eigenvalue weighted by Crippen LogP contribution is 2.35. The van der Waals surface area contributed by atoms with E-state index < -0.39 is 0 Å². The summed E-state index contributed by atoms with van der Waals surface area (Å²) in [5, 5.41) is 5.51. The molecule has 0 bridgehead atoms. The summed E-state index contributed by atoms with van der Waals surface area (Å²) in [6, 6.07) is 9.18. The van der Waals surface area contributed by atoms with Crippen molar-refractivity contribution in [3.63, 3.8) is 0 Å². The average molecular weight is 391 g/mol. The average Bonchev–Trinajstić information content (AvgIpc) is 2.68. The SMILES string of the molecule is CC1CCC(C(C)C)C(OCC(=O)NCCNC(=O)COc2ccccc2)C1. The molecule has 3 atom stereocenters. The molecular formula is C22H34N2O4. The quantitative estimate of drug-likeness (QED) is 0.602. The van der Waals surface area contributed by atoms with Gasteiger partial charge in [0.1, 0.15) is 12.4 Å². The molecule has 1 saturated carbocycles. The molecule has 0 saturated heterocycles. The van der Waals surface area contributed by atoms with Gasteiger partial charge in [0.05, 0.1) is 6.10 Å². The van der Waals surface area contributed by atoms with Crippen LogP contribution in [0.3, 0.4) is 0 Å². The molecule has 2 amide bonds. The molecule has 1 fully saturated rings. The van der Waals surface area contributed by atoms with Crippen LogP contribution in [0.15, 0.2) is 30.3 Å². The molecule has 0 aromatic heterocycles. The van der Waals surface area contributed by atoms with Crippen LogP contribution in [0.25, 0.3) is 0 Å². The van der Waals surface area contributed by atoms with Gasteiger partial charge in [-0.2, -0.15) is 0 Å². The summed E-state index contributed by atoms with van der Waals surface area (Å²) < 4.78 is 11.3. The van der Waals surface area contributed by atoms with Gasteiger partial charge in [0, 0.05) is 13.1 Å². The van der Waals surface area contributed by atoms with E-state index in [0.29, 0.717) is 36.6 Å². The van der Waals surface area contributed by atoms with Gasteiger partial charge in [0.25, 0.3) is 5.91 Å². The smallest absolute Gasteiger partial charge is 0.258 e. The standard InChI is InChI=1S/C22H34N2O4/c1-16(2)19-10-9-17(3)13-20(19)28-15-22(26)24-12-11-23-21(25)14-27-18-7-5-4-6-8-18/h4-8,16-17,19-20H,9-15H2,1-3H3,(H,23,25)(H,24,26). The molecule has 1 aromatic carbocycles. The maximum atomic E-state index is 12.0. The van der Waals surface area contributed by atoms with Crippen molar-refractivity contribution in [1.82, 2.24) is 10.6 Å². The van der Waals surface area contributed by atoms with Gasteiger partial charge in [-0.25, -0.2) is 0 Å². The second-order valence-corrected chi connectivity index (χ2v) is 7.98. The van der Waals surface area contributed by atoms with E-state index >= 15 is 0 Å². The van der Waals surface area contributed by atoms with Crippen LogP contribution in [0.1, 0.15) is 40.0 Å². The summed E-state index contributed by atoms with van der Waals surface area (Å²) in [6.07, 6.45) is 3.59. The molecular weight excluding hydrogens is 356 g/mol. The summed E-state index contributed by atoms with van der Waals surface area (Å²) in [5.74, 6) is 2.03. The number of ether oxygens (including phenoxy) is 2. The highest BCUT2D eigenvalue weighted by atomic mass is 16.5. The number of carbonyl (C=O) groups excluding carboxylic acids is 2. The summed E-state index contributed by atoms with van der Waals surface area (Å²) in [5.41, 5.74) is 0. The number of para-hydroxylation sites is 1. The van der Waals surface area contributed by atoms with Gasteiger partial charge >= 0.3 is 0 Å². The van der Waals surface area contributed by atoms with Crippen molar-refractivity contribution in [1.29, 1.82) is 0 Å². The Balaban J connectivity index is 1.57. The number of hydrogen-bond donors (Lipinski definition) is 2. The van der Waals surface area contributed by atoms with E-state index in [0.717, 1.165) is 6.42 Å². The van der Waals surface area contributed by atoms with E-state index in [-0.39, 0.29) is 31.1 Å². The van der Waals surface area contributed by atoms with E-state index in [2.05, 4.69) is 31.4 Å². The van der Waals surface area contributed by atoms with Crippen molar-refractivity contribution in [3.8, 4) is 5.75 Å². The molecule has 2 N–H and O–H groups in total. The minimum atomic E-state index is -0.217. The number of nitrogens with one attached hydrogen (secondary N) is 2. The third-order valence-corrected chi connectivity index (χ3v) is 5.27. The number of rotatable bonds is 10. The maximum absolute atomic E-state index is 12.0. The van der Waals surface area contributed by atoms with Gasteiger partial charge in [0.2, 0.25) is 5.91 Å². The molecule has 1 aliphatic rings. The second kappa shape index (κ2) is 11.7. The predicted octanol–water partition coefficient (Wildman–Crippen LogP) is 2.78. The lowest BCUT2D eigenvalue weighted by Gasteiger charge is -2.37. The van der Waals surface area contributed by atoms with Gasteiger partial charge in [-0.05, 0) is 42.7 Å². The molecule has 3 unspecified atom stereocenters. The Kier molecular flexibility index (Phi) is 9.28. The molecule has 6 nitrogen and oxygen atoms in total. The summed E-state index contributed by atoms with van der Waals surface area (Å²) in [6.45, 7) is 7.45. The van der Waals surface area contributed by atoms with Gasteiger partial charge in [-0.15, -0.1) is 0 Å². The monoisotopic (exact) mass is 390 g/mol. The number of benzene rings is 1. The van der Waals surface area contributed by atoms with Gasteiger partial charge in [-0.1, -0.05) is 45.4 Å². The number of hydrogen-bond acceptors (Lipinski definition) is 4.